The number of rotatable bonds is 0. The van der Waals surface area contributed by atoms with E-state index in [9.17, 15) is 0 Å². The molecule has 0 N–H and O–H groups in total. The van der Waals surface area contributed by atoms with E-state index in [4.69, 9.17) is 0 Å². The zero-order valence-corrected chi connectivity index (χ0v) is 7.42. The molecule has 0 aliphatic rings. The molecule has 2 heteroatoms. The summed E-state index contributed by atoms with van der Waals surface area (Å²) in [6.45, 7) is 6.92. The van der Waals surface area contributed by atoms with E-state index in [0.717, 1.165) is 0 Å². The van der Waals surface area contributed by atoms with Gasteiger partial charge in [0.1, 0.15) is 0 Å². The van der Waals surface area contributed by atoms with E-state index >= 15 is 0 Å². The standard InChI is InChI=1S/C3H10Si.CH3.Cr/c1-4(2)3;;/h4H,1-3H3;1H3;. The SMILES string of the molecule is C[SiH](C)C.[CH3][Cr]. The molecule has 0 saturated heterocycles. The Bertz CT molecular complexity index is 12.3. The molecule has 0 aliphatic heterocycles. The quantitative estimate of drug-likeness (QED) is 0.450. The second-order valence-corrected chi connectivity index (χ2v) is 5.20. The van der Waals surface area contributed by atoms with Crippen LogP contribution in [0.1, 0.15) is 0 Å². The molecule has 0 radical (unpaired) electrons. The molecule has 0 spiro atoms. The molecule has 0 aromatic heterocycles. The summed E-state index contributed by atoms with van der Waals surface area (Å²) >= 11 is 2.62. The Labute approximate surface area is 51.0 Å². The zero-order chi connectivity index (χ0) is 5.58. The van der Waals surface area contributed by atoms with Crippen molar-refractivity contribution in [2.24, 2.45) is 0 Å². The summed E-state index contributed by atoms with van der Waals surface area (Å²) in [5, 5.41) is 0. The van der Waals surface area contributed by atoms with Gasteiger partial charge in [0.2, 0.25) is 0 Å². The molecule has 0 aromatic rings. The molecule has 0 bridgehead atoms. The van der Waals surface area contributed by atoms with Crippen LogP contribution in [0, 0.1) is 0 Å². The van der Waals surface area contributed by atoms with Crippen molar-refractivity contribution in [3.63, 3.8) is 0 Å². The fourth-order valence-corrected chi connectivity index (χ4v) is 0. The summed E-state index contributed by atoms with van der Waals surface area (Å²) < 4.78 is 0. The normalized spacial score (nSPS) is 6.83. The van der Waals surface area contributed by atoms with Crippen LogP contribution < -0.4 is 0 Å². The van der Waals surface area contributed by atoms with Gasteiger partial charge < -0.3 is 0 Å². The minimum atomic E-state index is -0.139. The Balaban J connectivity index is 0. The van der Waals surface area contributed by atoms with Crippen LogP contribution in [-0.4, -0.2) is 8.80 Å². The third-order valence-corrected chi connectivity index (χ3v) is 0. The Morgan fingerprint density at radius 3 is 1.00 bits per heavy atom. The van der Waals surface area contributed by atoms with E-state index < -0.39 is 0 Å². The van der Waals surface area contributed by atoms with Gasteiger partial charge in [-0.2, -0.15) is 0 Å². The third kappa shape index (κ3) is 119. The average molecular weight is 141 g/mol. The summed E-state index contributed by atoms with van der Waals surface area (Å²) in [6.07, 6.45) is 0. The Morgan fingerprint density at radius 2 is 1.00 bits per heavy atom. The van der Waals surface area contributed by atoms with Crippen LogP contribution in [-0.2, 0) is 16.3 Å². The fraction of sp³-hybridized carbons (Fsp3) is 1.00. The summed E-state index contributed by atoms with van der Waals surface area (Å²) in [5.41, 5.74) is 0. The number of hydrogen-bond donors (Lipinski definition) is 0. The van der Waals surface area contributed by atoms with Gasteiger partial charge in [0.15, 0.2) is 0 Å². The van der Waals surface area contributed by atoms with Gasteiger partial charge in [0, 0.05) is 8.80 Å². The first-order valence-corrected chi connectivity index (χ1v) is 6.88. The van der Waals surface area contributed by atoms with Crippen molar-refractivity contribution in [2.75, 3.05) is 0 Å². The van der Waals surface area contributed by atoms with E-state index in [-0.39, 0.29) is 8.80 Å². The predicted octanol–water partition coefficient (Wildman–Crippen LogP) is 1.68. The average Bonchev–Trinajstić information content (AvgIpc) is 1.41. The second-order valence-electron chi connectivity index (χ2n) is 1.73. The van der Waals surface area contributed by atoms with Crippen molar-refractivity contribution in [1.82, 2.24) is 0 Å². The topological polar surface area (TPSA) is 0 Å². The van der Waals surface area contributed by atoms with Crippen molar-refractivity contribution >= 4 is 8.80 Å². The van der Waals surface area contributed by atoms with E-state index in [1.54, 1.807) is 0 Å². The molecule has 0 atom stereocenters. The van der Waals surface area contributed by atoms with Crippen LogP contribution in [0.4, 0.5) is 0 Å². The summed E-state index contributed by atoms with van der Waals surface area (Å²) in [4.78, 5) is 0. The van der Waals surface area contributed by atoms with Gasteiger partial charge in [0.05, 0.1) is 0 Å². The van der Waals surface area contributed by atoms with Crippen molar-refractivity contribution in [3.05, 3.63) is 0 Å². The summed E-state index contributed by atoms with van der Waals surface area (Å²) in [7, 11) is -0.139. The summed E-state index contributed by atoms with van der Waals surface area (Å²) in [5.74, 6) is 1.88. The van der Waals surface area contributed by atoms with Gasteiger partial charge in [0.25, 0.3) is 0 Å². The fourth-order valence-electron chi connectivity index (χ4n) is 0. The van der Waals surface area contributed by atoms with E-state index in [1.165, 1.54) is 0 Å². The van der Waals surface area contributed by atoms with Gasteiger partial charge in [-0.05, 0) is 0 Å². The molecular weight excluding hydrogens is 128 g/mol. The van der Waals surface area contributed by atoms with Crippen molar-refractivity contribution in [3.8, 4) is 0 Å². The molecule has 6 heavy (non-hydrogen) atoms. The molecule has 0 saturated carbocycles. The van der Waals surface area contributed by atoms with Crippen LogP contribution in [0.3, 0.4) is 0 Å². The zero-order valence-electron chi connectivity index (χ0n) is 4.99. The molecule has 39 valence electrons. The molecule has 0 fully saturated rings. The predicted molar refractivity (Wildman–Crippen MR) is 30.6 cm³/mol. The van der Waals surface area contributed by atoms with Crippen LogP contribution in [0.2, 0.25) is 25.4 Å². The molecule has 0 aromatic carbocycles. The first kappa shape index (κ1) is 9.89. The Kier molecular flexibility index (Phi) is 15.2. The Hall–Kier alpha value is 0.749. The van der Waals surface area contributed by atoms with Crippen LogP contribution in [0.25, 0.3) is 0 Å². The van der Waals surface area contributed by atoms with E-state index in [2.05, 4.69) is 35.9 Å². The van der Waals surface area contributed by atoms with Gasteiger partial charge in [-0.25, -0.2) is 0 Å². The van der Waals surface area contributed by atoms with Crippen molar-refractivity contribution < 1.29 is 16.3 Å². The van der Waals surface area contributed by atoms with Crippen molar-refractivity contribution in [1.29, 1.82) is 0 Å². The summed E-state index contributed by atoms with van der Waals surface area (Å²) in [6, 6.07) is 0. The van der Waals surface area contributed by atoms with Crippen LogP contribution in [0.15, 0.2) is 0 Å². The molecule has 0 heterocycles. The van der Waals surface area contributed by atoms with Gasteiger partial charge in [-0.3, -0.25) is 0 Å². The second kappa shape index (κ2) is 9.23. The third-order valence-electron chi connectivity index (χ3n) is 0. The first-order valence-electron chi connectivity index (χ1n) is 2.14. The van der Waals surface area contributed by atoms with Gasteiger partial charge >= 0.3 is 22.1 Å². The number of hydrogen-bond acceptors (Lipinski definition) is 0. The maximum absolute atomic E-state index is 2.62. The Morgan fingerprint density at radius 1 is 1.00 bits per heavy atom. The molecular formula is C4H13CrSi. The van der Waals surface area contributed by atoms with Gasteiger partial charge in [-0.15, -0.1) is 0 Å². The van der Waals surface area contributed by atoms with Gasteiger partial charge in [-0.1, -0.05) is 19.6 Å². The monoisotopic (exact) mass is 141 g/mol. The van der Waals surface area contributed by atoms with E-state index in [0.29, 0.717) is 0 Å². The molecule has 0 aliphatic carbocycles. The van der Waals surface area contributed by atoms with E-state index in [1.807, 2.05) is 5.79 Å². The van der Waals surface area contributed by atoms with Crippen LogP contribution in [0.5, 0.6) is 0 Å². The minimum absolute atomic E-state index is 0.139. The van der Waals surface area contributed by atoms with Crippen LogP contribution >= 0.6 is 0 Å². The molecule has 0 amide bonds. The molecule has 0 nitrogen and oxygen atoms in total. The first-order chi connectivity index (χ1) is 2.73. The van der Waals surface area contributed by atoms with Crippen molar-refractivity contribution in [2.45, 2.75) is 25.4 Å². The molecule has 0 unspecified atom stereocenters. The maximum atomic E-state index is 2.62. The molecule has 0 rings (SSSR count).